The number of nitrogens with one attached hydrogen (secondary N) is 2. The van der Waals surface area contributed by atoms with Gasteiger partial charge in [-0.2, -0.15) is 5.10 Å². The van der Waals surface area contributed by atoms with Crippen LogP contribution in [-0.2, 0) is 4.79 Å². The van der Waals surface area contributed by atoms with E-state index in [1.54, 1.807) is 35.1 Å². The van der Waals surface area contributed by atoms with Crippen molar-refractivity contribution >= 4 is 23.2 Å². The molecule has 0 bridgehead atoms. The van der Waals surface area contributed by atoms with E-state index in [-0.39, 0.29) is 12.5 Å². The molecule has 1 aromatic heterocycles. The molecule has 0 saturated carbocycles. The van der Waals surface area contributed by atoms with Crippen LogP contribution in [0.25, 0.3) is 5.69 Å². The summed E-state index contributed by atoms with van der Waals surface area (Å²) < 4.78 is 1.78. The number of anilines is 2. The summed E-state index contributed by atoms with van der Waals surface area (Å²) >= 11 is 0. The largest absolute Gasteiger partial charge is 0.376 e. The molecule has 0 aliphatic heterocycles. The van der Waals surface area contributed by atoms with Gasteiger partial charge in [0.2, 0.25) is 11.8 Å². The molecular formula is C19H19N5O2. The number of carbonyl (C=O) groups is 2. The second-order valence-electron chi connectivity index (χ2n) is 5.79. The Balaban J connectivity index is 1.58. The maximum absolute atomic E-state index is 12.1. The fourth-order valence-electron chi connectivity index (χ4n) is 2.51. The summed E-state index contributed by atoms with van der Waals surface area (Å²) in [5.41, 5.74) is 9.03. The van der Waals surface area contributed by atoms with Crippen LogP contribution in [0.4, 0.5) is 11.4 Å². The molecule has 7 nitrogen and oxygen atoms in total. The molecule has 2 aromatic carbocycles. The lowest BCUT2D eigenvalue weighted by molar-refractivity contribution is -0.114. The molecule has 0 aliphatic carbocycles. The van der Waals surface area contributed by atoms with Crippen LogP contribution >= 0.6 is 0 Å². The Morgan fingerprint density at radius 1 is 1.15 bits per heavy atom. The normalized spacial score (nSPS) is 10.3. The summed E-state index contributed by atoms with van der Waals surface area (Å²) in [7, 11) is 0. The standard InChI is InChI=1S/C19H19N5O2/c1-13-11-16(24-10-2-9-22-24)7-8-17(13)21-12-18(25)23-15-5-3-14(4-6-15)19(20)26/h2-11,21H,12H2,1H3,(H2,20,26)(H,23,25). The fourth-order valence-corrected chi connectivity index (χ4v) is 2.51. The molecule has 0 fully saturated rings. The van der Waals surface area contributed by atoms with Crippen molar-refractivity contribution in [2.45, 2.75) is 6.92 Å². The van der Waals surface area contributed by atoms with Gasteiger partial charge in [0.05, 0.1) is 12.2 Å². The van der Waals surface area contributed by atoms with Crippen molar-refractivity contribution in [2.24, 2.45) is 5.73 Å². The van der Waals surface area contributed by atoms with Crippen molar-refractivity contribution < 1.29 is 9.59 Å². The molecule has 0 aliphatic rings. The van der Waals surface area contributed by atoms with Crippen LogP contribution in [0, 0.1) is 6.92 Å². The minimum absolute atomic E-state index is 0.125. The average Bonchev–Trinajstić information content (AvgIpc) is 3.16. The molecule has 26 heavy (non-hydrogen) atoms. The first kappa shape index (κ1) is 17.2. The van der Waals surface area contributed by atoms with E-state index in [4.69, 9.17) is 5.73 Å². The Morgan fingerprint density at radius 2 is 1.92 bits per heavy atom. The number of carbonyl (C=O) groups excluding carboxylic acids is 2. The quantitative estimate of drug-likeness (QED) is 0.635. The highest BCUT2D eigenvalue weighted by Gasteiger charge is 2.06. The number of aryl methyl sites for hydroxylation is 1. The number of nitrogens with zero attached hydrogens (tertiary/aromatic N) is 2. The van der Waals surface area contributed by atoms with Gasteiger partial charge in [-0.3, -0.25) is 9.59 Å². The SMILES string of the molecule is Cc1cc(-n2cccn2)ccc1NCC(=O)Nc1ccc(C(N)=O)cc1. The van der Waals surface area contributed by atoms with Crippen molar-refractivity contribution in [3.8, 4) is 5.69 Å². The van der Waals surface area contributed by atoms with E-state index in [1.165, 1.54) is 0 Å². The third kappa shape index (κ3) is 4.07. The van der Waals surface area contributed by atoms with Crippen molar-refractivity contribution in [1.82, 2.24) is 9.78 Å². The zero-order chi connectivity index (χ0) is 18.5. The van der Waals surface area contributed by atoms with Crippen molar-refractivity contribution in [2.75, 3.05) is 17.2 Å². The number of aromatic nitrogens is 2. The fraction of sp³-hybridized carbons (Fsp3) is 0.105. The minimum atomic E-state index is -0.501. The second-order valence-corrected chi connectivity index (χ2v) is 5.79. The molecular weight excluding hydrogens is 330 g/mol. The van der Waals surface area contributed by atoms with Gasteiger partial charge in [-0.25, -0.2) is 4.68 Å². The third-order valence-corrected chi connectivity index (χ3v) is 3.87. The van der Waals surface area contributed by atoms with Crippen molar-refractivity contribution in [3.05, 3.63) is 72.1 Å². The van der Waals surface area contributed by atoms with Gasteiger partial charge in [0.25, 0.3) is 0 Å². The molecule has 3 aromatic rings. The van der Waals surface area contributed by atoms with Gasteiger partial charge in [-0.05, 0) is 61.0 Å². The molecule has 4 N–H and O–H groups in total. The Morgan fingerprint density at radius 3 is 2.54 bits per heavy atom. The summed E-state index contributed by atoms with van der Waals surface area (Å²) in [4.78, 5) is 23.1. The second kappa shape index (κ2) is 7.52. The van der Waals surface area contributed by atoms with Crippen LogP contribution < -0.4 is 16.4 Å². The Kier molecular flexibility index (Phi) is 4.98. The van der Waals surface area contributed by atoms with Crippen LogP contribution in [0.2, 0.25) is 0 Å². The van der Waals surface area contributed by atoms with Crippen LogP contribution in [0.3, 0.4) is 0 Å². The number of hydrogen-bond donors (Lipinski definition) is 3. The molecule has 132 valence electrons. The molecule has 1 heterocycles. The van der Waals surface area contributed by atoms with Gasteiger partial charge in [-0.15, -0.1) is 0 Å². The summed E-state index contributed by atoms with van der Waals surface area (Å²) in [6.07, 6.45) is 3.60. The topological polar surface area (TPSA) is 102 Å². The van der Waals surface area contributed by atoms with Crippen LogP contribution in [-0.4, -0.2) is 28.1 Å². The molecule has 2 amide bonds. The van der Waals surface area contributed by atoms with E-state index < -0.39 is 5.91 Å². The molecule has 0 unspecified atom stereocenters. The van der Waals surface area contributed by atoms with E-state index >= 15 is 0 Å². The van der Waals surface area contributed by atoms with E-state index in [2.05, 4.69) is 15.7 Å². The number of amides is 2. The van der Waals surface area contributed by atoms with Gasteiger partial charge in [0, 0.05) is 29.3 Å². The molecule has 0 saturated heterocycles. The zero-order valence-electron chi connectivity index (χ0n) is 14.3. The van der Waals surface area contributed by atoms with Gasteiger partial charge in [-0.1, -0.05) is 0 Å². The highest BCUT2D eigenvalue weighted by atomic mass is 16.2. The highest BCUT2D eigenvalue weighted by Crippen LogP contribution is 2.18. The first-order valence-corrected chi connectivity index (χ1v) is 8.07. The predicted molar refractivity (Wildman–Crippen MR) is 100 cm³/mol. The van der Waals surface area contributed by atoms with Gasteiger partial charge in [0.15, 0.2) is 0 Å². The molecule has 3 rings (SSSR count). The Bertz CT molecular complexity index is 918. The van der Waals surface area contributed by atoms with Crippen LogP contribution in [0.1, 0.15) is 15.9 Å². The Labute approximate surface area is 150 Å². The van der Waals surface area contributed by atoms with Crippen LogP contribution in [0.5, 0.6) is 0 Å². The lowest BCUT2D eigenvalue weighted by Gasteiger charge is -2.12. The maximum atomic E-state index is 12.1. The predicted octanol–water partition coefficient (Wildman–Crippen LogP) is 2.33. The first-order chi connectivity index (χ1) is 12.5. The third-order valence-electron chi connectivity index (χ3n) is 3.87. The Hall–Kier alpha value is -3.61. The summed E-state index contributed by atoms with van der Waals surface area (Å²) in [5.74, 6) is -0.689. The lowest BCUT2D eigenvalue weighted by atomic mass is 10.1. The molecule has 0 atom stereocenters. The molecule has 7 heteroatoms. The monoisotopic (exact) mass is 349 g/mol. The van der Waals surface area contributed by atoms with Crippen LogP contribution in [0.15, 0.2) is 60.9 Å². The lowest BCUT2D eigenvalue weighted by Crippen LogP contribution is -2.22. The van der Waals surface area contributed by atoms with E-state index in [1.807, 2.05) is 37.4 Å². The number of rotatable bonds is 6. The number of hydrogen-bond acceptors (Lipinski definition) is 4. The van der Waals surface area contributed by atoms with E-state index in [0.717, 1.165) is 16.9 Å². The zero-order valence-corrected chi connectivity index (χ0v) is 14.3. The van der Waals surface area contributed by atoms with Gasteiger partial charge < -0.3 is 16.4 Å². The highest BCUT2D eigenvalue weighted by molar-refractivity contribution is 5.96. The van der Waals surface area contributed by atoms with Crippen molar-refractivity contribution in [1.29, 1.82) is 0 Å². The number of primary amides is 1. The molecule has 0 radical (unpaired) electrons. The van der Waals surface area contributed by atoms with E-state index in [0.29, 0.717) is 11.3 Å². The number of benzene rings is 2. The average molecular weight is 349 g/mol. The summed E-state index contributed by atoms with van der Waals surface area (Å²) in [6, 6.07) is 14.1. The summed E-state index contributed by atoms with van der Waals surface area (Å²) in [5, 5.41) is 10.1. The van der Waals surface area contributed by atoms with E-state index in [9.17, 15) is 9.59 Å². The summed E-state index contributed by atoms with van der Waals surface area (Å²) in [6.45, 7) is 2.09. The smallest absolute Gasteiger partial charge is 0.248 e. The number of nitrogens with two attached hydrogens (primary N) is 1. The molecule has 0 spiro atoms. The minimum Gasteiger partial charge on any atom is -0.376 e. The van der Waals surface area contributed by atoms with Gasteiger partial charge in [0.1, 0.15) is 0 Å². The first-order valence-electron chi connectivity index (χ1n) is 8.07. The van der Waals surface area contributed by atoms with Crippen molar-refractivity contribution in [3.63, 3.8) is 0 Å². The van der Waals surface area contributed by atoms with Gasteiger partial charge >= 0.3 is 0 Å². The maximum Gasteiger partial charge on any atom is 0.248 e.